The Hall–Kier alpha value is -2.82. The van der Waals surface area contributed by atoms with E-state index in [2.05, 4.69) is 5.32 Å². The Labute approximate surface area is 141 Å². The Kier molecular flexibility index (Phi) is 5.58. The van der Waals surface area contributed by atoms with Crippen molar-refractivity contribution in [3.63, 3.8) is 0 Å². The number of aromatic carboxylic acids is 1. The van der Waals surface area contributed by atoms with Gasteiger partial charge in [0.2, 0.25) is 0 Å². The number of carbonyl (C=O) groups is 2. The number of anilines is 1. The van der Waals surface area contributed by atoms with Gasteiger partial charge in [-0.05, 0) is 55.7 Å². The number of carboxylic acids is 1. The van der Waals surface area contributed by atoms with Crippen LogP contribution in [0, 0.1) is 13.8 Å². The molecule has 0 aliphatic heterocycles. The fourth-order valence-corrected chi connectivity index (χ4v) is 2.28. The van der Waals surface area contributed by atoms with Gasteiger partial charge in [-0.1, -0.05) is 25.1 Å². The number of benzene rings is 2. The summed E-state index contributed by atoms with van der Waals surface area (Å²) in [5.41, 5.74) is 2.45. The quantitative estimate of drug-likeness (QED) is 0.846. The van der Waals surface area contributed by atoms with E-state index in [-0.39, 0.29) is 11.5 Å². The molecular weight excluding hydrogens is 306 g/mol. The second kappa shape index (κ2) is 7.64. The first-order valence-electron chi connectivity index (χ1n) is 7.79. The number of aryl methyl sites for hydroxylation is 2. The molecule has 126 valence electrons. The number of rotatable bonds is 6. The molecule has 0 fully saturated rings. The summed E-state index contributed by atoms with van der Waals surface area (Å²) < 4.78 is 5.77. The standard InChI is InChI=1S/C19H21NO4/c1-4-17(24-15-7-5-6-12(2)10-15)18(21)20-16-11-14(19(22)23)9-8-13(16)3/h5-11,17H,4H2,1-3H3,(H,20,21)(H,22,23). The van der Waals surface area contributed by atoms with Crippen LogP contribution in [-0.2, 0) is 4.79 Å². The van der Waals surface area contributed by atoms with E-state index in [0.717, 1.165) is 11.1 Å². The predicted octanol–water partition coefficient (Wildman–Crippen LogP) is 3.80. The van der Waals surface area contributed by atoms with E-state index in [9.17, 15) is 9.59 Å². The van der Waals surface area contributed by atoms with Crippen molar-refractivity contribution in [2.75, 3.05) is 5.32 Å². The summed E-state index contributed by atoms with van der Waals surface area (Å²) in [6, 6.07) is 12.1. The van der Waals surface area contributed by atoms with Crippen molar-refractivity contribution in [2.45, 2.75) is 33.3 Å². The van der Waals surface area contributed by atoms with Crippen molar-refractivity contribution >= 4 is 17.6 Å². The van der Waals surface area contributed by atoms with Crippen molar-refractivity contribution in [1.82, 2.24) is 0 Å². The Morgan fingerprint density at radius 1 is 1.17 bits per heavy atom. The first-order valence-corrected chi connectivity index (χ1v) is 7.79. The summed E-state index contributed by atoms with van der Waals surface area (Å²) in [6.07, 6.45) is -0.156. The molecular formula is C19H21NO4. The molecule has 2 rings (SSSR count). The summed E-state index contributed by atoms with van der Waals surface area (Å²) in [6.45, 7) is 5.62. The maximum absolute atomic E-state index is 12.5. The third kappa shape index (κ3) is 4.35. The van der Waals surface area contributed by atoms with Gasteiger partial charge in [0.1, 0.15) is 5.75 Å². The monoisotopic (exact) mass is 327 g/mol. The number of hydrogen-bond acceptors (Lipinski definition) is 3. The van der Waals surface area contributed by atoms with Gasteiger partial charge in [0.05, 0.1) is 5.56 Å². The zero-order chi connectivity index (χ0) is 17.7. The van der Waals surface area contributed by atoms with Gasteiger partial charge >= 0.3 is 5.97 Å². The number of nitrogens with one attached hydrogen (secondary N) is 1. The Balaban J connectivity index is 2.15. The number of carbonyl (C=O) groups excluding carboxylic acids is 1. The number of amides is 1. The molecule has 0 aliphatic carbocycles. The second-order valence-corrected chi connectivity index (χ2v) is 5.66. The van der Waals surface area contributed by atoms with Crippen LogP contribution in [0.25, 0.3) is 0 Å². The van der Waals surface area contributed by atoms with E-state index in [1.807, 2.05) is 39.0 Å². The van der Waals surface area contributed by atoms with Crippen LogP contribution in [0.3, 0.4) is 0 Å². The number of hydrogen-bond donors (Lipinski definition) is 2. The first kappa shape index (κ1) is 17.5. The molecule has 1 amide bonds. The number of carboxylic acid groups (broad SMARTS) is 1. The van der Waals surface area contributed by atoms with Crippen LogP contribution >= 0.6 is 0 Å². The molecule has 24 heavy (non-hydrogen) atoms. The van der Waals surface area contributed by atoms with Gasteiger partial charge in [-0.2, -0.15) is 0 Å². The van der Waals surface area contributed by atoms with Crippen molar-refractivity contribution in [3.8, 4) is 5.75 Å². The van der Waals surface area contributed by atoms with Crippen molar-refractivity contribution in [2.24, 2.45) is 0 Å². The smallest absolute Gasteiger partial charge is 0.335 e. The summed E-state index contributed by atoms with van der Waals surface area (Å²) in [5.74, 6) is -0.703. The van der Waals surface area contributed by atoms with E-state index in [0.29, 0.717) is 17.9 Å². The van der Waals surface area contributed by atoms with E-state index >= 15 is 0 Å². The third-order valence-electron chi connectivity index (χ3n) is 3.67. The van der Waals surface area contributed by atoms with Crippen LogP contribution in [0.1, 0.15) is 34.8 Å². The molecule has 2 aromatic rings. The van der Waals surface area contributed by atoms with E-state index < -0.39 is 12.1 Å². The van der Waals surface area contributed by atoms with Gasteiger partial charge in [0.15, 0.2) is 6.10 Å². The topological polar surface area (TPSA) is 75.6 Å². The molecule has 0 saturated heterocycles. The molecule has 0 spiro atoms. The van der Waals surface area contributed by atoms with Crippen LogP contribution in [-0.4, -0.2) is 23.1 Å². The molecule has 0 radical (unpaired) electrons. The van der Waals surface area contributed by atoms with Gasteiger partial charge in [0.25, 0.3) is 5.91 Å². The van der Waals surface area contributed by atoms with E-state index in [4.69, 9.17) is 9.84 Å². The molecule has 5 nitrogen and oxygen atoms in total. The normalized spacial score (nSPS) is 11.6. The zero-order valence-electron chi connectivity index (χ0n) is 14.0. The molecule has 0 bridgehead atoms. The fourth-order valence-electron chi connectivity index (χ4n) is 2.28. The molecule has 5 heteroatoms. The van der Waals surface area contributed by atoms with Gasteiger partial charge in [0, 0.05) is 5.69 Å². The molecule has 2 N–H and O–H groups in total. The highest BCUT2D eigenvalue weighted by atomic mass is 16.5. The highest BCUT2D eigenvalue weighted by Crippen LogP contribution is 2.20. The van der Waals surface area contributed by atoms with Crippen LogP contribution in [0.4, 0.5) is 5.69 Å². The van der Waals surface area contributed by atoms with E-state index in [1.165, 1.54) is 12.1 Å². The van der Waals surface area contributed by atoms with Crippen LogP contribution in [0.15, 0.2) is 42.5 Å². The molecule has 0 aliphatic rings. The molecule has 2 aromatic carbocycles. The van der Waals surface area contributed by atoms with Crippen LogP contribution < -0.4 is 10.1 Å². The number of ether oxygens (including phenoxy) is 1. The minimum absolute atomic E-state index is 0.128. The van der Waals surface area contributed by atoms with Crippen molar-refractivity contribution < 1.29 is 19.4 Å². The van der Waals surface area contributed by atoms with Crippen molar-refractivity contribution in [1.29, 1.82) is 0 Å². The predicted molar refractivity (Wildman–Crippen MR) is 92.7 cm³/mol. The Bertz CT molecular complexity index is 755. The molecule has 1 atom stereocenters. The lowest BCUT2D eigenvalue weighted by Crippen LogP contribution is -2.32. The average molecular weight is 327 g/mol. The van der Waals surface area contributed by atoms with E-state index in [1.54, 1.807) is 12.1 Å². The lowest BCUT2D eigenvalue weighted by molar-refractivity contribution is -0.122. The lowest BCUT2D eigenvalue weighted by atomic mass is 10.1. The Morgan fingerprint density at radius 3 is 2.54 bits per heavy atom. The summed E-state index contributed by atoms with van der Waals surface area (Å²) >= 11 is 0. The van der Waals surface area contributed by atoms with Gasteiger partial charge in [-0.25, -0.2) is 4.79 Å². The first-order chi connectivity index (χ1) is 11.4. The molecule has 0 saturated carbocycles. The second-order valence-electron chi connectivity index (χ2n) is 5.66. The van der Waals surface area contributed by atoms with Crippen LogP contribution in [0.2, 0.25) is 0 Å². The maximum Gasteiger partial charge on any atom is 0.335 e. The lowest BCUT2D eigenvalue weighted by Gasteiger charge is -2.18. The van der Waals surface area contributed by atoms with Gasteiger partial charge in [-0.15, -0.1) is 0 Å². The van der Waals surface area contributed by atoms with Gasteiger partial charge in [-0.3, -0.25) is 4.79 Å². The van der Waals surface area contributed by atoms with Gasteiger partial charge < -0.3 is 15.2 Å². The Morgan fingerprint density at radius 2 is 1.92 bits per heavy atom. The van der Waals surface area contributed by atoms with Crippen LogP contribution in [0.5, 0.6) is 5.75 Å². The third-order valence-corrected chi connectivity index (χ3v) is 3.67. The minimum Gasteiger partial charge on any atom is -0.481 e. The summed E-state index contributed by atoms with van der Waals surface area (Å²) in [7, 11) is 0. The summed E-state index contributed by atoms with van der Waals surface area (Å²) in [5, 5.41) is 11.8. The fraction of sp³-hybridized carbons (Fsp3) is 0.263. The maximum atomic E-state index is 12.5. The average Bonchev–Trinajstić information content (AvgIpc) is 2.54. The summed E-state index contributed by atoms with van der Waals surface area (Å²) in [4.78, 5) is 23.6. The minimum atomic E-state index is -1.03. The molecule has 0 heterocycles. The van der Waals surface area contributed by atoms with Crippen molar-refractivity contribution in [3.05, 3.63) is 59.2 Å². The highest BCUT2D eigenvalue weighted by Gasteiger charge is 2.19. The largest absolute Gasteiger partial charge is 0.481 e. The SMILES string of the molecule is CCC(Oc1cccc(C)c1)C(=O)Nc1cc(C(=O)O)ccc1C. The molecule has 1 unspecified atom stereocenters. The molecule has 0 aromatic heterocycles. The zero-order valence-corrected chi connectivity index (χ0v) is 14.0. The highest BCUT2D eigenvalue weighted by molar-refractivity contribution is 5.97.